The number of halogens is 1. The van der Waals surface area contributed by atoms with Crippen LogP contribution in [0.2, 0.25) is 0 Å². The third-order valence-corrected chi connectivity index (χ3v) is 3.62. The molecule has 2 unspecified atom stereocenters. The standard InChI is InChI=1S/C14H18BrN3/c1-10(12-4-6-14(15)7-5-12)17-11(2)13-8-16-18(3)9-13/h4-11,17H,1-3H3. The van der Waals surface area contributed by atoms with E-state index in [0.717, 1.165) is 4.47 Å². The number of benzene rings is 1. The SMILES string of the molecule is CC(NC(C)c1cnn(C)c1)c1ccc(Br)cc1. The first kappa shape index (κ1) is 13.3. The molecule has 1 aromatic carbocycles. The predicted octanol–water partition coefficient (Wildman–Crippen LogP) is 3.59. The summed E-state index contributed by atoms with van der Waals surface area (Å²) in [6.45, 7) is 4.34. The lowest BCUT2D eigenvalue weighted by Crippen LogP contribution is -2.22. The molecule has 1 N–H and O–H groups in total. The highest BCUT2D eigenvalue weighted by molar-refractivity contribution is 9.10. The highest BCUT2D eigenvalue weighted by Crippen LogP contribution is 2.20. The van der Waals surface area contributed by atoms with Crippen LogP contribution >= 0.6 is 15.9 Å². The summed E-state index contributed by atoms with van der Waals surface area (Å²) in [6, 6.07) is 9.02. The second-order valence-corrected chi connectivity index (χ2v) is 5.52. The van der Waals surface area contributed by atoms with Crippen LogP contribution in [-0.4, -0.2) is 9.78 Å². The summed E-state index contributed by atoms with van der Waals surface area (Å²) in [6.07, 6.45) is 3.96. The van der Waals surface area contributed by atoms with Crippen LogP contribution in [0, 0.1) is 0 Å². The summed E-state index contributed by atoms with van der Waals surface area (Å²) < 4.78 is 2.94. The molecule has 0 saturated heterocycles. The van der Waals surface area contributed by atoms with Gasteiger partial charge in [-0.3, -0.25) is 4.68 Å². The number of nitrogens with one attached hydrogen (secondary N) is 1. The first-order valence-electron chi connectivity index (χ1n) is 6.06. The molecule has 0 aliphatic rings. The molecule has 0 aliphatic heterocycles. The van der Waals surface area contributed by atoms with Crippen molar-refractivity contribution in [3.63, 3.8) is 0 Å². The lowest BCUT2D eigenvalue weighted by atomic mass is 10.1. The van der Waals surface area contributed by atoms with E-state index < -0.39 is 0 Å². The van der Waals surface area contributed by atoms with Gasteiger partial charge in [0.15, 0.2) is 0 Å². The van der Waals surface area contributed by atoms with Crippen molar-refractivity contribution in [2.45, 2.75) is 25.9 Å². The number of aryl methyl sites for hydroxylation is 1. The zero-order chi connectivity index (χ0) is 13.1. The molecular formula is C14H18BrN3. The Morgan fingerprint density at radius 1 is 1.11 bits per heavy atom. The second kappa shape index (κ2) is 5.67. The minimum absolute atomic E-state index is 0.289. The highest BCUT2D eigenvalue weighted by atomic mass is 79.9. The van der Waals surface area contributed by atoms with Crippen LogP contribution in [-0.2, 0) is 7.05 Å². The molecule has 18 heavy (non-hydrogen) atoms. The van der Waals surface area contributed by atoms with E-state index >= 15 is 0 Å². The van der Waals surface area contributed by atoms with Gasteiger partial charge in [-0.2, -0.15) is 5.10 Å². The smallest absolute Gasteiger partial charge is 0.0537 e. The second-order valence-electron chi connectivity index (χ2n) is 4.61. The van der Waals surface area contributed by atoms with Crippen LogP contribution in [0.25, 0.3) is 0 Å². The minimum atomic E-state index is 0.289. The Morgan fingerprint density at radius 3 is 2.28 bits per heavy atom. The average Bonchev–Trinajstić information content (AvgIpc) is 2.76. The molecule has 2 aromatic rings. The number of aromatic nitrogens is 2. The van der Waals surface area contributed by atoms with Crippen molar-refractivity contribution in [3.05, 3.63) is 52.3 Å². The molecule has 0 amide bonds. The molecule has 0 radical (unpaired) electrons. The normalized spacial score (nSPS) is 14.4. The number of rotatable bonds is 4. The van der Waals surface area contributed by atoms with Gasteiger partial charge < -0.3 is 5.32 Å². The van der Waals surface area contributed by atoms with Gasteiger partial charge in [0.05, 0.1) is 6.20 Å². The molecule has 0 fully saturated rings. The quantitative estimate of drug-likeness (QED) is 0.935. The molecule has 1 aromatic heterocycles. The van der Waals surface area contributed by atoms with Gasteiger partial charge in [0.25, 0.3) is 0 Å². The van der Waals surface area contributed by atoms with Crippen LogP contribution < -0.4 is 5.32 Å². The maximum Gasteiger partial charge on any atom is 0.0537 e. The van der Waals surface area contributed by atoms with Gasteiger partial charge in [-0.1, -0.05) is 28.1 Å². The Balaban J connectivity index is 2.02. The fourth-order valence-electron chi connectivity index (χ4n) is 1.98. The van der Waals surface area contributed by atoms with Gasteiger partial charge in [0.2, 0.25) is 0 Å². The Hall–Kier alpha value is -1.13. The summed E-state index contributed by atoms with van der Waals surface area (Å²) in [5.41, 5.74) is 2.50. The number of hydrogen-bond donors (Lipinski definition) is 1. The van der Waals surface area contributed by atoms with E-state index in [1.807, 2.05) is 24.1 Å². The van der Waals surface area contributed by atoms with Gasteiger partial charge in [0, 0.05) is 35.4 Å². The summed E-state index contributed by atoms with van der Waals surface area (Å²) in [7, 11) is 1.94. The third kappa shape index (κ3) is 3.21. The number of hydrogen-bond acceptors (Lipinski definition) is 2. The van der Waals surface area contributed by atoms with E-state index in [1.54, 1.807) is 0 Å². The zero-order valence-electron chi connectivity index (χ0n) is 10.9. The van der Waals surface area contributed by atoms with Crippen molar-refractivity contribution < 1.29 is 0 Å². The first-order valence-corrected chi connectivity index (χ1v) is 6.85. The third-order valence-electron chi connectivity index (χ3n) is 3.09. The van der Waals surface area contributed by atoms with Crippen LogP contribution in [0.3, 0.4) is 0 Å². The van der Waals surface area contributed by atoms with Crippen molar-refractivity contribution in [2.24, 2.45) is 7.05 Å². The fourth-order valence-corrected chi connectivity index (χ4v) is 2.25. The molecule has 0 spiro atoms. The average molecular weight is 308 g/mol. The molecule has 2 atom stereocenters. The van der Waals surface area contributed by atoms with Crippen molar-refractivity contribution in [3.8, 4) is 0 Å². The number of nitrogens with zero attached hydrogens (tertiary/aromatic N) is 2. The van der Waals surface area contributed by atoms with Gasteiger partial charge in [-0.05, 0) is 31.5 Å². The Labute approximate surface area is 116 Å². The molecule has 3 nitrogen and oxygen atoms in total. The van der Waals surface area contributed by atoms with E-state index in [4.69, 9.17) is 0 Å². The Kier molecular flexibility index (Phi) is 4.19. The highest BCUT2D eigenvalue weighted by Gasteiger charge is 2.12. The lowest BCUT2D eigenvalue weighted by molar-refractivity contribution is 0.494. The summed E-state index contributed by atoms with van der Waals surface area (Å²) in [5, 5.41) is 7.78. The van der Waals surface area contributed by atoms with Crippen molar-refractivity contribution in [1.29, 1.82) is 0 Å². The fraction of sp³-hybridized carbons (Fsp3) is 0.357. The van der Waals surface area contributed by atoms with E-state index in [2.05, 4.69) is 64.5 Å². The molecule has 96 valence electrons. The van der Waals surface area contributed by atoms with Crippen molar-refractivity contribution in [1.82, 2.24) is 15.1 Å². The predicted molar refractivity (Wildman–Crippen MR) is 77.3 cm³/mol. The largest absolute Gasteiger partial charge is 0.304 e. The van der Waals surface area contributed by atoms with Crippen LogP contribution in [0.1, 0.15) is 37.1 Å². The van der Waals surface area contributed by atoms with Crippen LogP contribution in [0.5, 0.6) is 0 Å². The Morgan fingerprint density at radius 2 is 1.72 bits per heavy atom. The summed E-state index contributed by atoms with van der Waals surface area (Å²) in [5.74, 6) is 0. The van der Waals surface area contributed by atoms with Gasteiger partial charge in [0.1, 0.15) is 0 Å². The van der Waals surface area contributed by atoms with Crippen LogP contribution in [0.4, 0.5) is 0 Å². The van der Waals surface area contributed by atoms with E-state index in [9.17, 15) is 0 Å². The van der Waals surface area contributed by atoms with Gasteiger partial charge in [-0.25, -0.2) is 0 Å². The summed E-state index contributed by atoms with van der Waals surface area (Å²) >= 11 is 3.45. The monoisotopic (exact) mass is 307 g/mol. The molecule has 0 saturated carbocycles. The van der Waals surface area contributed by atoms with E-state index in [-0.39, 0.29) is 6.04 Å². The van der Waals surface area contributed by atoms with Crippen LogP contribution in [0.15, 0.2) is 41.1 Å². The van der Waals surface area contributed by atoms with Crippen molar-refractivity contribution >= 4 is 15.9 Å². The zero-order valence-corrected chi connectivity index (χ0v) is 12.5. The topological polar surface area (TPSA) is 29.9 Å². The maximum atomic E-state index is 4.20. The Bertz CT molecular complexity index is 504. The molecule has 0 aliphatic carbocycles. The molecule has 2 rings (SSSR count). The van der Waals surface area contributed by atoms with E-state index in [1.165, 1.54) is 11.1 Å². The van der Waals surface area contributed by atoms with E-state index in [0.29, 0.717) is 6.04 Å². The lowest BCUT2D eigenvalue weighted by Gasteiger charge is -2.19. The first-order chi connectivity index (χ1) is 8.56. The molecule has 4 heteroatoms. The molecule has 0 bridgehead atoms. The maximum absolute atomic E-state index is 4.20. The van der Waals surface area contributed by atoms with Gasteiger partial charge in [-0.15, -0.1) is 0 Å². The molecule has 1 heterocycles. The van der Waals surface area contributed by atoms with Gasteiger partial charge >= 0.3 is 0 Å². The summed E-state index contributed by atoms with van der Waals surface area (Å²) in [4.78, 5) is 0. The minimum Gasteiger partial charge on any atom is -0.304 e. The van der Waals surface area contributed by atoms with Crippen molar-refractivity contribution in [2.75, 3.05) is 0 Å². The molecular weight excluding hydrogens is 290 g/mol.